The molecule has 5 nitrogen and oxygen atoms in total. The minimum Gasteiger partial charge on any atom is -0.355 e. The maximum atomic E-state index is 11.4. The van der Waals surface area contributed by atoms with Crippen molar-refractivity contribution in [3.8, 4) is 0 Å². The molecule has 1 heterocycles. The number of hydrogen-bond acceptors (Lipinski definition) is 3. The van der Waals surface area contributed by atoms with Crippen LogP contribution in [0.4, 0.5) is 0 Å². The molecule has 5 heteroatoms. The topological polar surface area (TPSA) is 70.6 Å². The molecule has 2 amide bonds. The molecule has 1 aromatic carbocycles. The normalized spacial score (nSPS) is 18.9. The summed E-state index contributed by atoms with van der Waals surface area (Å²) in [6.45, 7) is 1.96. The molecule has 0 spiro atoms. The van der Waals surface area contributed by atoms with Crippen molar-refractivity contribution in [1.29, 1.82) is 0 Å². The Bertz CT molecular complexity index is 505. The summed E-state index contributed by atoms with van der Waals surface area (Å²) >= 11 is 0. The van der Waals surface area contributed by atoms with Crippen molar-refractivity contribution >= 4 is 17.5 Å². The predicted octanol–water partition coefficient (Wildman–Crippen LogP) is 0.906. The van der Waals surface area contributed by atoms with Gasteiger partial charge in [0.1, 0.15) is 0 Å². The molecule has 0 fully saturated rings. The largest absolute Gasteiger partial charge is 0.355 e. The van der Waals surface area contributed by atoms with Crippen molar-refractivity contribution in [2.75, 3.05) is 7.05 Å². The maximum absolute atomic E-state index is 11.4. The van der Waals surface area contributed by atoms with Crippen molar-refractivity contribution < 1.29 is 9.59 Å². The molecule has 0 aliphatic carbocycles. The van der Waals surface area contributed by atoms with Crippen molar-refractivity contribution in [2.45, 2.75) is 13.3 Å². The Labute approximate surface area is 105 Å². The molecule has 1 unspecified atom stereocenters. The van der Waals surface area contributed by atoms with Crippen LogP contribution < -0.4 is 10.7 Å². The van der Waals surface area contributed by atoms with Gasteiger partial charge in [0.05, 0.1) is 5.71 Å². The monoisotopic (exact) mass is 245 g/mol. The van der Waals surface area contributed by atoms with Gasteiger partial charge in [0, 0.05) is 24.9 Å². The third kappa shape index (κ3) is 2.40. The maximum Gasteiger partial charge on any atom is 0.251 e. The van der Waals surface area contributed by atoms with E-state index in [0.717, 1.165) is 11.3 Å². The molecule has 0 saturated carbocycles. The predicted molar refractivity (Wildman–Crippen MR) is 68.3 cm³/mol. The Morgan fingerprint density at radius 2 is 2.06 bits per heavy atom. The zero-order chi connectivity index (χ0) is 13.1. The lowest BCUT2D eigenvalue weighted by Gasteiger charge is -2.19. The van der Waals surface area contributed by atoms with Gasteiger partial charge in [-0.3, -0.25) is 9.59 Å². The highest BCUT2D eigenvalue weighted by Crippen LogP contribution is 2.16. The molecule has 1 aliphatic heterocycles. The second-order valence-corrected chi connectivity index (χ2v) is 4.29. The fourth-order valence-corrected chi connectivity index (χ4v) is 1.94. The summed E-state index contributed by atoms with van der Waals surface area (Å²) in [4.78, 5) is 22.6. The van der Waals surface area contributed by atoms with Crippen LogP contribution in [0, 0.1) is 5.92 Å². The van der Waals surface area contributed by atoms with Crippen molar-refractivity contribution in [3.05, 3.63) is 35.4 Å². The highest BCUT2D eigenvalue weighted by molar-refractivity contribution is 6.06. The first-order valence-corrected chi connectivity index (χ1v) is 5.80. The summed E-state index contributed by atoms with van der Waals surface area (Å²) in [6.07, 6.45) is 0.441. The lowest BCUT2D eigenvalue weighted by molar-refractivity contribution is -0.121. The minimum atomic E-state index is -0.117. The van der Waals surface area contributed by atoms with Crippen LogP contribution in [0.15, 0.2) is 29.4 Å². The first kappa shape index (κ1) is 12.3. The smallest absolute Gasteiger partial charge is 0.251 e. The van der Waals surface area contributed by atoms with Gasteiger partial charge in [0.15, 0.2) is 0 Å². The second-order valence-electron chi connectivity index (χ2n) is 4.29. The second kappa shape index (κ2) is 5.00. The number of rotatable bonds is 2. The summed E-state index contributed by atoms with van der Waals surface area (Å²) in [7, 11) is 1.60. The molecule has 2 rings (SSSR count). The van der Waals surface area contributed by atoms with Crippen LogP contribution in [0.1, 0.15) is 29.3 Å². The molecular weight excluding hydrogens is 230 g/mol. The number of benzene rings is 1. The first-order valence-electron chi connectivity index (χ1n) is 5.80. The number of hydrazone groups is 1. The standard InChI is InChI=1S/C13H15N3O2/c1-8-7-11(17)15-16-12(8)9-3-5-10(6-4-9)13(18)14-2/h3-6,8H,7H2,1-2H3,(H,14,18)(H,15,17). The molecule has 0 bridgehead atoms. The van der Waals surface area contributed by atoms with Crippen molar-refractivity contribution in [2.24, 2.45) is 11.0 Å². The molecule has 0 aromatic heterocycles. The van der Waals surface area contributed by atoms with Gasteiger partial charge in [-0.05, 0) is 17.7 Å². The minimum absolute atomic E-state index is 0.0618. The fourth-order valence-electron chi connectivity index (χ4n) is 1.94. The van der Waals surface area contributed by atoms with Crippen LogP contribution in [0.5, 0.6) is 0 Å². The van der Waals surface area contributed by atoms with E-state index >= 15 is 0 Å². The zero-order valence-corrected chi connectivity index (χ0v) is 10.4. The Kier molecular flexibility index (Phi) is 3.41. The van der Waals surface area contributed by atoms with E-state index in [1.807, 2.05) is 19.1 Å². The Hall–Kier alpha value is -2.17. The Morgan fingerprint density at radius 3 is 2.61 bits per heavy atom. The summed E-state index contributed by atoms with van der Waals surface area (Å²) < 4.78 is 0. The van der Waals surface area contributed by atoms with Gasteiger partial charge in [0.25, 0.3) is 5.91 Å². The van der Waals surface area contributed by atoms with Gasteiger partial charge in [-0.15, -0.1) is 0 Å². The van der Waals surface area contributed by atoms with E-state index in [2.05, 4.69) is 15.8 Å². The number of carbonyl (C=O) groups is 2. The number of nitrogens with one attached hydrogen (secondary N) is 2. The summed E-state index contributed by atoms with van der Waals surface area (Å²) in [5.41, 5.74) is 4.86. The van der Waals surface area contributed by atoms with Crippen molar-refractivity contribution in [1.82, 2.24) is 10.7 Å². The highest BCUT2D eigenvalue weighted by Gasteiger charge is 2.21. The summed E-state index contributed by atoms with van der Waals surface area (Å²) in [6, 6.07) is 7.19. The van der Waals surface area contributed by atoms with E-state index in [-0.39, 0.29) is 17.7 Å². The molecule has 1 aromatic rings. The SMILES string of the molecule is CNC(=O)c1ccc(C2=NNC(=O)CC2C)cc1. The third-order valence-electron chi connectivity index (χ3n) is 2.93. The average Bonchev–Trinajstić information content (AvgIpc) is 2.38. The van der Waals surface area contributed by atoms with Gasteiger partial charge in [-0.2, -0.15) is 5.10 Å². The van der Waals surface area contributed by atoms with E-state index in [9.17, 15) is 9.59 Å². The van der Waals surface area contributed by atoms with Crippen LogP contribution in [0.2, 0.25) is 0 Å². The molecule has 0 radical (unpaired) electrons. The number of amides is 2. The van der Waals surface area contributed by atoms with Crippen LogP contribution in [-0.4, -0.2) is 24.6 Å². The molecule has 1 atom stereocenters. The van der Waals surface area contributed by atoms with Crippen molar-refractivity contribution in [3.63, 3.8) is 0 Å². The summed E-state index contributed by atoms with van der Waals surface area (Å²) in [5, 5.41) is 6.64. The van der Waals surface area contributed by atoms with Gasteiger partial charge in [0.2, 0.25) is 5.91 Å². The Morgan fingerprint density at radius 1 is 1.39 bits per heavy atom. The molecular formula is C13H15N3O2. The average molecular weight is 245 g/mol. The molecule has 18 heavy (non-hydrogen) atoms. The van der Waals surface area contributed by atoms with Crippen LogP contribution in [0.3, 0.4) is 0 Å². The number of hydrogen-bond donors (Lipinski definition) is 2. The van der Waals surface area contributed by atoms with E-state index < -0.39 is 0 Å². The fraction of sp³-hybridized carbons (Fsp3) is 0.308. The lowest BCUT2D eigenvalue weighted by atomic mass is 9.93. The van der Waals surface area contributed by atoms with Crippen LogP contribution in [-0.2, 0) is 4.79 Å². The van der Waals surface area contributed by atoms with Gasteiger partial charge < -0.3 is 5.32 Å². The highest BCUT2D eigenvalue weighted by atomic mass is 16.2. The van der Waals surface area contributed by atoms with Gasteiger partial charge >= 0.3 is 0 Å². The molecule has 1 aliphatic rings. The molecule has 2 N–H and O–H groups in total. The van der Waals surface area contributed by atoms with E-state index in [1.165, 1.54) is 0 Å². The van der Waals surface area contributed by atoms with Gasteiger partial charge in [-0.1, -0.05) is 19.1 Å². The molecule has 94 valence electrons. The van der Waals surface area contributed by atoms with E-state index in [0.29, 0.717) is 12.0 Å². The van der Waals surface area contributed by atoms with E-state index in [1.54, 1.807) is 19.2 Å². The number of carbonyl (C=O) groups excluding carboxylic acids is 2. The van der Waals surface area contributed by atoms with E-state index in [4.69, 9.17) is 0 Å². The van der Waals surface area contributed by atoms with Gasteiger partial charge in [-0.25, -0.2) is 5.43 Å². The third-order valence-corrected chi connectivity index (χ3v) is 2.93. The van der Waals surface area contributed by atoms with Crippen LogP contribution >= 0.6 is 0 Å². The molecule has 0 saturated heterocycles. The quantitative estimate of drug-likeness (QED) is 0.813. The summed E-state index contributed by atoms with van der Waals surface area (Å²) in [5.74, 6) is -0.0914. The zero-order valence-electron chi connectivity index (χ0n) is 10.4. The first-order chi connectivity index (χ1) is 8.61. The lowest BCUT2D eigenvalue weighted by Crippen LogP contribution is -2.32. The van der Waals surface area contributed by atoms with Crippen LogP contribution in [0.25, 0.3) is 0 Å². The number of nitrogens with zero attached hydrogens (tertiary/aromatic N) is 1. The Balaban J connectivity index is 2.24.